The highest BCUT2D eigenvalue weighted by Crippen LogP contribution is 2.48. The number of hydrogen-bond donors (Lipinski definition) is 3. The van der Waals surface area contributed by atoms with E-state index in [2.05, 4.69) is 16.0 Å². The molecule has 1 rings (SSSR count). The highest BCUT2D eigenvalue weighted by Gasteiger charge is 2.42. The maximum atomic E-state index is 11.6. The molecule has 0 aromatic rings. The van der Waals surface area contributed by atoms with Gasteiger partial charge in [0.2, 0.25) is 5.91 Å². The van der Waals surface area contributed by atoms with E-state index >= 15 is 0 Å². The van der Waals surface area contributed by atoms with Gasteiger partial charge in [0, 0.05) is 27.3 Å². The van der Waals surface area contributed by atoms with E-state index in [4.69, 9.17) is 4.74 Å². The minimum absolute atomic E-state index is 0.289. The standard InChI is InChI=1S/C12H23N3O3/c1-9(10(16)15-11(17)13-2)14-8-12(4-5-12)6-7-18-3/h9,14H,4-8H2,1-3H3,(H2,13,15,16,17). The summed E-state index contributed by atoms with van der Waals surface area (Å²) in [7, 11) is 3.17. The minimum atomic E-state index is -0.478. The topological polar surface area (TPSA) is 79.5 Å². The van der Waals surface area contributed by atoms with Crippen LogP contribution in [0.4, 0.5) is 4.79 Å². The summed E-state index contributed by atoms with van der Waals surface area (Å²) in [5.41, 5.74) is 0.289. The summed E-state index contributed by atoms with van der Waals surface area (Å²) >= 11 is 0. The third-order valence-corrected chi connectivity index (χ3v) is 3.43. The van der Waals surface area contributed by atoms with Crippen molar-refractivity contribution < 1.29 is 14.3 Å². The number of rotatable bonds is 7. The van der Waals surface area contributed by atoms with Crippen LogP contribution in [0.5, 0.6) is 0 Å². The minimum Gasteiger partial charge on any atom is -0.385 e. The second-order valence-corrected chi connectivity index (χ2v) is 4.91. The van der Waals surface area contributed by atoms with E-state index in [1.165, 1.54) is 19.9 Å². The lowest BCUT2D eigenvalue weighted by atomic mass is 10.0. The summed E-state index contributed by atoms with van der Waals surface area (Å²) in [6.07, 6.45) is 3.36. The van der Waals surface area contributed by atoms with Crippen LogP contribution >= 0.6 is 0 Å². The Balaban J connectivity index is 2.26. The summed E-state index contributed by atoms with van der Waals surface area (Å²) in [6, 6.07) is -0.850. The molecule has 3 amide bonds. The first-order chi connectivity index (χ1) is 8.53. The second-order valence-electron chi connectivity index (χ2n) is 4.91. The molecule has 1 atom stereocenters. The van der Waals surface area contributed by atoms with Gasteiger partial charge in [0.25, 0.3) is 0 Å². The van der Waals surface area contributed by atoms with Gasteiger partial charge in [0.1, 0.15) is 0 Å². The summed E-state index contributed by atoms with van der Waals surface area (Å²) in [5, 5.41) is 7.78. The van der Waals surface area contributed by atoms with Gasteiger partial charge < -0.3 is 15.4 Å². The van der Waals surface area contributed by atoms with E-state index in [0.29, 0.717) is 0 Å². The average Bonchev–Trinajstić information content (AvgIpc) is 3.13. The number of carbonyl (C=O) groups is 2. The smallest absolute Gasteiger partial charge is 0.321 e. The van der Waals surface area contributed by atoms with Crippen molar-refractivity contribution in [3.8, 4) is 0 Å². The fourth-order valence-electron chi connectivity index (χ4n) is 1.76. The number of methoxy groups -OCH3 is 1. The van der Waals surface area contributed by atoms with Crippen molar-refractivity contribution in [1.29, 1.82) is 0 Å². The molecular formula is C12H23N3O3. The van der Waals surface area contributed by atoms with Crippen LogP contribution in [-0.2, 0) is 9.53 Å². The molecule has 0 aromatic carbocycles. The van der Waals surface area contributed by atoms with E-state index in [0.717, 1.165) is 19.6 Å². The number of hydrogen-bond acceptors (Lipinski definition) is 4. The molecule has 104 valence electrons. The Hall–Kier alpha value is -1.14. The predicted octanol–water partition coefficient (Wildman–Crippen LogP) is 0.237. The van der Waals surface area contributed by atoms with Gasteiger partial charge >= 0.3 is 6.03 Å². The fraction of sp³-hybridized carbons (Fsp3) is 0.833. The average molecular weight is 257 g/mol. The van der Waals surface area contributed by atoms with Crippen LogP contribution in [0.2, 0.25) is 0 Å². The zero-order valence-corrected chi connectivity index (χ0v) is 11.3. The molecule has 0 heterocycles. The number of urea groups is 1. The summed E-state index contributed by atoms with van der Waals surface area (Å²) in [5.74, 6) is -0.308. The number of amides is 3. The molecule has 1 unspecified atom stereocenters. The SMILES string of the molecule is CNC(=O)NC(=O)C(C)NCC1(CCOC)CC1. The Kier molecular flexibility index (Phi) is 5.55. The maximum absolute atomic E-state index is 11.6. The van der Waals surface area contributed by atoms with Gasteiger partial charge in [-0.05, 0) is 31.6 Å². The van der Waals surface area contributed by atoms with Gasteiger partial charge in [-0.2, -0.15) is 0 Å². The van der Waals surface area contributed by atoms with Crippen molar-refractivity contribution in [2.24, 2.45) is 5.41 Å². The summed E-state index contributed by atoms with van der Waals surface area (Å²) in [6.45, 7) is 3.30. The largest absolute Gasteiger partial charge is 0.385 e. The third kappa shape index (κ3) is 4.62. The zero-order chi connectivity index (χ0) is 13.6. The number of carbonyl (C=O) groups excluding carboxylic acids is 2. The van der Waals surface area contributed by atoms with Crippen molar-refractivity contribution in [1.82, 2.24) is 16.0 Å². The lowest BCUT2D eigenvalue weighted by molar-refractivity contribution is -0.121. The highest BCUT2D eigenvalue weighted by molar-refractivity contribution is 5.96. The van der Waals surface area contributed by atoms with Crippen LogP contribution in [0.1, 0.15) is 26.2 Å². The summed E-state index contributed by atoms with van der Waals surface area (Å²) < 4.78 is 5.08. The zero-order valence-electron chi connectivity index (χ0n) is 11.3. The molecule has 1 saturated carbocycles. The molecule has 0 bridgehead atoms. The number of ether oxygens (including phenoxy) is 1. The molecule has 0 spiro atoms. The molecule has 6 heteroatoms. The quantitative estimate of drug-likeness (QED) is 0.610. The second kappa shape index (κ2) is 6.70. The molecule has 1 fully saturated rings. The van der Waals surface area contributed by atoms with E-state index in [1.54, 1.807) is 14.0 Å². The van der Waals surface area contributed by atoms with Gasteiger partial charge in [-0.3, -0.25) is 10.1 Å². The normalized spacial score (nSPS) is 17.9. The van der Waals surface area contributed by atoms with Crippen LogP contribution < -0.4 is 16.0 Å². The molecule has 3 N–H and O–H groups in total. The van der Waals surface area contributed by atoms with Crippen LogP contribution in [0.15, 0.2) is 0 Å². The Morgan fingerprint density at radius 3 is 2.56 bits per heavy atom. The molecule has 0 aliphatic heterocycles. The van der Waals surface area contributed by atoms with Crippen molar-refractivity contribution in [2.75, 3.05) is 27.3 Å². The molecule has 18 heavy (non-hydrogen) atoms. The van der Waals surface area contributed by atoms with Crippen LogP contribution in [0, 0.1) is 5.41 Å². The van der Waals surface area contributed by atoms with Gasteiger partial charge in [-0.15, -0.1) is 0 Å². The molecule has 1 aliphatic carbocycles. The van der Waals surface area contributed by atoms with E-state index in [1.807, 2.05) is 0 Å². The fourth-order valence-corrected chi connectivity index (χ4v) is 1.76. The van der Waals surface area contributed by atoms with E-state index in [-0.39, 0.29) is 17.4 Å². The van der Waals surface area contributed by atoms with Crippen LogP contribution in [-0.4, -0.2) is 45.3 Å². The molecule has 1 aliphatic rings. The van der Waals surface area contributed by atoms with Crippen LogP contribution in [0.25, 0.3) is 0 Å². The van der Waals surface area contributed by atoms with Gasteiger partial charge in [0.05, 0.1) is 6.04 Å². The third-order valence-electron chi connectivity index (χ3n) is 3.43. The first-order valence-corrected chi connectivity index (χ1v) is 6.28. The lowest BCUT2D eigenvalue weighted by Crippen LogP contribution is -2.48. The van der Waals surface area contributed by atoms with Gasteiger partial charge in [0.15, 0.2) is 0 Å². The van der Waals surface area contributed by atoms with Crippen molar-refractivity contribution in [2.45, 2.75) is 32.2 Å². The Morgan fingerprint density at radius 1 is 1.39 bits per heavy atom. The number of imide groups is 1. The number of nitrogens with one attached hydrogen (secondary N) is 3. The van der Waals surface area contributed by atoms with Crippen molar-refractivity contribution in [3.05, 3.63) is 0 Å². The van der Waals surface area contributed by atoms with Gasteiger partial charge in [-0.25, -0.2) is 4.79 Å². The lowest BCUT2D eigenvalue weighted by Gasteiger charge is -2.19. The van der Waals surface area contributed by atoms with Crippen LogP contribution in [0.3, 0.4) is 0 Å². The van der Waals surface area contributed by atoms with Crippen molar-refractivity contribution >= 4 is 11.9 Å². The Morgan fingerprint density at radius 2 is 2.06 bits per heavy atom. The molecule has 0 radical (unpaired) electrons. The highest BCUT2D eigenvalue weighted by atomic mass is 16.5. The Labute approximate surface area is 108 Å². The van der Waals surface area contributed by atoms with Crippen molar-refractivity contribution in [3.63, 3.8) is 0 Å². The Bertz CT molecular complexity index is 303. The molecule has 6 nitrogen and oxygen atoms in total. The monoisotopic (exact) mass is 257 g/mol. The molecular weight excluding hydrogens is 234 g/mol. The van der Waals surface area contributed by atoms with Gasteiger partial charge in [-0.1, -0.05) is 0 Å². The first-order valence-electron chi connectivity index (χ1n) is 6.28. The summed E-state index contributed by atoms with van der Waals surface area (Å²) in [4.78, 5) is 22.6. The van der Waals surface area contributed by atoms with E-state index < -0.39 is 6.03 Å². The maximum Gasteiger partial charge on any atom is 0.321 e. The molecule has 0 saturated heterocycles. The molecule has 0 aromatic heterocycles. The first kappa shape index (κ1) is 14.9. The van der Waals surface area contributed by atoms with E-state index in [9.17, 15) is 9.59 Å². The predicted molar refractivity (Wildman–Crippen MR) is 68.2 cm³/mol.